The number of fused-ring (bicyclic) bond motifs is 1. The molecular formula is C24H25FN4O. The number of benzene rings is 1. The van der Waals surface area contributed by atoms with Crippen LogP contribution < -0.4 is 4.84 Å². The molecule has 0 aliphatic carbocycles. The molecule has 0 radical (unpaired) electrons. The van der Waals surface area contributed by atoms with Crippen LogP contribution in [0.4, 0.5) is 4.39 Å². The molecule has 6 heteroatoms. The van der Waals surface area contributed by atoms with Crippen molar-refractivity contribution in [2.45, 2.75) is 34.6 Å². The summed E-state index contributed by atoms with van der Waals surface area (Å²) in [5, 5.41) is 4.64. The van der Waals surface area contributed by atoms with Crippen LogP contribution in [0.3, 0.4) is 0 Å². The molecule has 0 amide bonds. The lowest BCUT2D eigenvalue weighted by Crippen LogP contribution is -2.24. The van der Waals surface area contributed by atoms with Crippen molar-refractivity contribution in [2.24, 2.45) is 5.41 Å². The first-order chi connectivity index (χ1) is 14.2. The van der Waals surface area contributed by atoms with Gasteiger partial charge in [-0.2, -0.15) is 4.39 Å². The molecule has 0 aliphatic heterocycles. The highest BCUT2D eigenvalue weighted by molar-refractivity contribution is 5.91. The van der Waals surface area contributed by atoms with E-state index in [-0.39, 0.29) is 5.41 Å². The topological polar surface area (TPSA) is 52.8 Å². The standard InChI is InChI=1S/C24H25FN4O/c1-15-7-6-8-18(16(15)2)19-10-11-20-23(27-19)22(17-9-12-21(25)26-13-17)28-29(20)30-14-24(3,4)5/h6-13H,14H2,1-5H3. The van der Waals surface area contributed by atoms with Gasteiger partial charge >= 0.3 is 0 Å². The number of nitrogens with zero attached hydrogens (tertiary/aromatic N) is 4. The largest absolute Gasteiger partial charge is 0.396 e. The summed E-state index contributed by atoms with van der Waals surface area (Å²) in [6.07, 6.45) is 1.47. The molecule has 4 aromatic rings. The Morgan fingerprint density at radius 3 is 2.53 bits per heavy atom. The Morgan fingerprint density at radius 1 is 1.03 bits per heavy atom. The Bertz CT molecular complexity index is 1210. The monoisotopic (exact) mass is 404 g/mol. The molecule has 1 aromatic carbocycles. The molecule has 5 nitrogen and oxygen atoms in total. The maximum atomic E-state index is 13.4. The van der Waals surface area contributed by atoms with E-state index >= 15 is 0 Å². The number of aryl methyl sites for hydroxylation is 1. The number of halogens is 1. The fourth-order valence-electron chi connectivity index (χ4n) is 3.21. The second kappa shape index (κ2) is 7.52. The summed E-state index contributed by atoms with van der Waals surface area (Å²) in [6.45, 7) is 11.0. The zero-order chi connectivity index (χ0) is 21.5. The number of rotatable bonds is 4. The molecule has 0 aliphatic rings. The van der Waals surface area contributed by atoms with Gasteiger partial charge in [-0.1, -0.05) is 43.8 Å². The molecule has 3 heterocycles. The molecule has 0 N–H and O–H groups in total. The van der Waals surface area contributed by atoms with Gasteiger partial charge in [0.2, 0.25) is 5.95 Å². The highest BCUT2D eigenvalue weighted by Crippen LogP contribution is 2.30. The van der Waals surface area contributed by atoms with E-state index in [9.17, 15) is 4.39 Å². The van der Waals surface area contributed by atoms with Gasteiger partial charge < -0.3 is 4.84 Å². The van der Waals surface area contributed by atoms with Crippen molar-refractivity contribution in [3.8, 4) is 22.5 Å². The third kappa shape index (κ3) is 3.90. The fraction of sp³-hybridized carbons (Fsp3) is 0.292. The van der Waals surface area contributed by atoms with Crippen molar-refractivity contribution in [3.05, 3.63) is 65.7 Å². The summed E-state index contributed by atoms with van der Waals surface area (Å²) in [6, 6.07) is 13.1. The lowest BCUT2D eigenvalue weighted by molar-refractivity contribution is 0.0420. The molecule has 4 rings (SSSR count). The van der Waals surface area contributed by atoms with Gasteiger partial charge in [0.25, 0.3) is 0 Å². The molecular weight excluding hydrogens is 379 g/mol. The van der Waals surface area contributed by atoms with Crippen LogP contribution in [0.5, 0.6) is 0 Å². The second-order valence-electron chi connectivity index (χ2n) is 8.74. The van der Waals surface area contributed by atoms with Crippen LogP contribution in [0.15, 0.2) is 48.7 Å². The van der Waals surface area contributed by atoms with Gasteiger partial charge in [-0.15, -0.1) is 5.10 Å². The summed E-state index contributed by atoms with van der Waals surface area (Å²) in [5.41, 5.74) is 7.04. The molecule has 0 saturated heterocycles. The zero-order valence-corrected chi connectivity index (χ0v) is 17.9. The summed E-state index contributed by atoms with van der Waals surface area (Å²) in [5.74, 6) is -0.532. The first-order valence-corrected chi connectivity index (χ1v) is 9.94. The van der Waals surface area contributed by atoms with Crippen molar-refractivity contribution >= 4 is 11.0 Å². The summed E-state index contributed by atoms with van der Waals surface area (Å²) in [4.78, 5) is 16.2. The maximum absolute atomic E-state index is 13.4. The van der Waals surface area contributed by atoms with E-state index in [0.29, 0.717) is 23.4 Å². The number of aromatic nitrogens is 4. The van der Waals surface area contributed by atoms with Crippen LogP contribution in [-0.2, 0) is 0 Å². The first-order valence-electron chi connectivity index (χ1n) is 9.94. The quantitative estimate of drug-likeness (QED) is 0.428. The van der Waals surface area contributed by atoms with Gasteiger partial charge in [0, 0.05) is 17.3 Å². The molecule has 0 fully saturated rings. The van der Waals surface area contributed by atoms with Crippen molar-refractivity contribution in [2.75, 3.05) is 6.61 Å². The smallest absolute Gasteiger partial charge is 0.212 e. The Morgan fingerprint density at radius 2 is 1.83 bits per heavy atom. The highest BCUT2D eigenvalue weighted by Gasteiger charge is 2.19. The zero-order valence-electron chi connectivity index (χ0n) is 17.9. The Kier molecular flexibility index (Phi) is 5.02. The highest BCUT2D eigenvalue weighted by atomic mass is 19.1. The minimum absolute atomic E-state index is 0.0259. The second-order valence-corrected chi connectivity index (χ2v) is 8.74. The Balaban J connectivity index is 1.89. The molecule has 0 atom stereocenters. The Labute approximate surface area is 175 Å². The lowest BCUT2D eigenvalue weighted by atomic mass is 9.99. The van der Waals surface area contributed by atoms with Crippen molar-refractivity contribution < 1.29 is 9.23 Å². The van der Waals surface area contributed by atoms with Gasteiger partial charge in [0.1, 0.15) is 23.3 Å². The molecule has 3 aromatic heterocycles. The first kappa shape index (κ1) is 20.0. The third-order valence-corrected chi connectivity index (χ3v) is 5.00. The molecule has 0 spiro atoms. The Hall–Kier alpha value is -3.28. The summed E-state index contributed by atoms with van der Waals surface area (Å²) >= 11 is 0. The van der Waals surface area contributed by atoms with Crippen molar-refractivity contribution in [3.63, 3.8) is 0 Å². The van der Waals surface area contributed by atoms with E-state index in [0.717, 1.165) is 16.8 Å². The lowest BCUT2D eigenvalue weighted by Gasteiger charge is -2.18. The van der Waals surface area contributed by atoms with E-state index in [1.165, 1.54) is 28.2 Å². The minimum Gasteiger partial charge on any atom is -0.396 e. The number of hydrogen-bond acceptors (Lipinski definition) is 4. The van der Waals surface area contributed by atoms with Crippen molar-refractivity contribution in [1.82, 2.24) is 19.9 Å². The van der Waals surface area contributed by atoms with Crippen LogP contribution >= 0.6 is 0 Å². The van der Waals surface area contributed by atoms with Gasteiger partial charge in [-0.3, -0.25) is 0 Å². The van der Waals surface area contributed by atoms with E-state index in [1.54, 1.807) is 6.07 Å². The number of hydrogen-bond donors (Lipinski definition) is 0. The normalized spacial score (nSPS) is 11.8. The number of pyridine rings is 2. The average molecular weight is 404 g/mol. The molecule has 0 bridgehead atoms. The predicted octanol–water partition coefficient (Wildman–Crippen LogP) is 5.39. The van der Waals surface area contributed by atoms with E-state index < -0.39 is 5.95 Å². The maximum Gasteiger partial charge on any atom is 0.212 e. The third-order valence-electron chi connectivity index (χ3n) is 5.00. The SMILES string of the molecule is Cc1cccc(-c2ccc3c(n2)c(-c2ccc(F)nc2)nn3OCC(C)(C)C)c1C. The van der Waals surface area contributed by atoms with Crippen LogP contribution in [0.25, 0.3) is 33.5 Å². The van der Waals surface area contributed by atoms with E-state index in [2.05, 4.69) is 56.8 Å². The van der Waals surface area contributed by atoms with Crippen LogP contribution in [0.1, 0.15) is 31.9 Å². The molecule has 30 heavy (non-hydrogen) atoms. The summed E-state index contributed by atoms with van der Waals surface area (Å²) < 4.78 is 13.4. The van der Waals surface area contributed by atoms with Gasteiger partial charge in [0.05, 0.1) is 5.69 Å². The van der Waals surface area contributed by atoms with Crippen LogP contribution in [-0.4, -0.2) is 26.5 Å². The van der Waals surface area contributed by atoms with Gasteiger partial charge in [-0.05, 0) is 54.7 Å². The van der Waals surface area contributed by atoms with Crippen LogP contribution in [0.2, 0.25) is 0 Å². The molecule has 0 unspecified atom stereocenters. The summed E-state index contributed by atoms with van der Waals surface area (Å²) in [7, 11) is 0. The van der Waals surface area contributed by atoms with Crippen molar-refractivity contribution in [1.29, 1.82) is 0 Å². The van der Waals surface area contributed by atoms with Gasteiger partial charge in [0.15, 0.2) is 0 Å². The van der Waals surface area contributed by atoms with E-state index in [1.807, 2.05) is 18.2 Å². The van der Waals surface area contributed by atoms with E-state index in [4.69, 9.17) is 9.82 Å². The minimum atomic E-state index is -0.532. The van der Waals surface area contributed by atoms with Crippen LogP contribution in [0, 0.1) is 25.2 Å². The average Bonchev–Trinajstić information content (AvgIpc) is 3.06. The molecule has 0 saturated carbocycles. The fourth-order valence-corrected chi connectivity index (χ4v) is 3.21. The predicted molar refractivity (Wildman–Crippen MR) is 117 cm³/mol. The molecule has 154 valence electrons. The van der Waals surface area contributed by atoms with Gasteiger partial charge in [-0.25, -0.2) is 9.97 Å².